The van der Waals surface area contributed by atoms with Gasteiger partial charge in [-0.3, -0.25) is 13.9 Å². The summed E-state index contributed by atoms with van der Waals surface area (Å²) in [5.74, 6) is -0.492. The molecule has 0 spiro atoms. The second kappa shape index (κ2) is 5.75. The van der Waals surface area contributed by atoms with Gasteiger partial charge < -0.3 is 0 Å². The van der Waals surface area contributed by atoms with E-state index in [1.54, 1.807) is 12.1 Å². The highest BCUT2D eigenvalue weighted by Gasteiger charge is 2.24. The maximum atomic E-state index is 13.0. The molecule has 2 aromatic rings. The fourth-order valence-corrected chi connectivity index (χ4v) is 4.11. The lowest BCUT2D eigenvalue weighted by molar-refractivity contribution is 0.103. The van der Waals surface area contributed by atoms with Gasteiger partial charge in [-0.15, -0.1) is 10.8 Å². The second-order valence-electron chi connectivity index (χ2n) is 5.07. The molecule has 0 saturated carbocycles. The zero-order valence-electron chi connectivity index (χ0n) is 11.3. The summed E-state index contributed by atoms with van der Waals surface area (Å²) in [6.07, 6.45) is 0. The van der Waals surface area contributed by atoms with E-state index in [-0.39, 0.29) is 18.1 Å². The van der Waals surface area contributed by atoms with Crippen molar-refractivity contribution >= 4 is 32.5 Å². The number of hydrogen-bond donors (Lipinski definition) is 3. The van der Waals surface area contributed by atoms with Gasteiger partial charge in [-0.1, -0.05) is 15.9 Å². The second-order valence-corrected chi connectivity index (χ2v) is 7.83. The van der Waals surface area contributed by atoms with E-state index in [4.69, 9.17) is 0 Å². The summed E-state index contributed by atoms with van der Waals surface area (Å²) in [5, 5.41) is 0. The fourth-order valence-electron chi connectivity index (χ4n) is 2.35. The van der Waals surface area contributed by atoms with Gasteiger partial charge in [0.25, 0.3) is 0 Å². The minimum atomic E-state index is -2.80. The number of ketones is 1. The Labute approximate surface area is 137 Å². The van der Waals surface area contributed by atoms with Crippen LogP contribution in [-0.2, 0) is 12.3 Å². The predicted molar refractivity (Wildman–Crippen MR) is 87.4 cm³/mol. The van der Waals surface area contributed by atoms with Crippen LogP contribution < -0.4 is 4.72 Å². The van der Waals surface area contributed by atoms with Gasteiger partial charge in [0.15, 0.2) is 5.78 Å². The quantitative estimate of drug-likeness (QED) is 0.681. The number of benzene rings is 2. The van der Waals surface area contributed by atoms with Gasteiger partial charge in [-0.05, 0) is 47.5 Å². The lowest BCUT2D eigenvalue weighted by Crippen LogP contribution is -2.27. The van der Waals surface area contributed by atoms with Crippen molar-refractivity contribution in [1.29, 1.82) is 0 Å². The van der Waals surface area contributed by atoms with E-state index in [1.807, 2.05) is 0 Å². The predicted octanol–water partition coefficient (Wildman–Crippen LogP) is 4.09. The summed E-state index contributed by atoms with van der Waals surface area (Å²) in [6, 6.07) is 8.84. The third-order valence-corrected chi connectivity index (χ3v) is 5.47. The van der Waals surface area contributed by atoms with Gasteiger partial charge in [0.2, 0.25) is 0 Å². The summed E-state index contributed by atoms with van der Waals surface area (Å²) in [6.45, 7) is 0.286. The Morgan fingerprint density at radius 1 is 1.18 bits per heavy atom. The van der Waals surface area contributed by atoms with Crippen LogP contribution in [0, 0.1) is 5.82 Å². The van der Waals surface area contributed by atoms with Crippen LogP contribution in [0.5, 0.6) is 0 Å². The molecule has 4 nitrogen and oxygen atoms in total. The molecule has 0 atom stereocenters. The van der Waals surface area contributed by atoms with Crippen molar-refractivity contribution in [2.45, 2.75) is 12.3 Å². The molecule has 0 fully saturated rings. The first kappa shape index (κ1) is 15.6. The molecule has 116 valence electrons. The number of hydrogen-bond acceptors (Lipinski definition) is 4. The van der Waals surface area contributed by atoms with Crippen molar-refractivity contribution in [3.05, 3.63) is 68.9 Å². The lowest BCUT2D eigenvalue weighted by Gasteiger charge is -2.37. The summed E-state index contributed by atoms with van der Waals surface area (Å²) in [4.78, 5) is 12.5. The van der Waals surface area contributed by atoms with Crippen LogP contribution in [0.3, 0.4) is 0 Å². The zero-order valence-corrected chi connectivity index (χ0v) is 13.7. The van der Waals surface area contributed by atoms with Crippen molar-refractivity contribution in [3.63, 3.8) is 0 Å². The number of fused-ring (bicyclic) bond motifs is 1. The smallest absolute Gasteiger partial charge is 0.194 e. The Bertz CT molecular complexity index is 749. The highest BCUT2D eigenvalue weighted by atomic mass is 79.9. The first-order valence-electron chi connectivity index (χ1n) is 6.48. The van der Waals surface area contributed by atoms with E-state index in [0.717, 1.165) is 11.1 Å². The molecule has 1 aliphatic heterocycles. The summed E-state index contributed by atoms with van der Waals surface area (Å²) >= 11 is 3.36. The normalized spacial score (nSPS) is 17.6. The Kier molecular flexibility index (Phi) is 4.09. The van der Waals surface area contributed by atoms with Crippen molar-refractivity contribution in [3.8, 4) is 0 Å². The molecule has 0 aliphatic carbocycles. The molecule has 0 unspecified atom stereocenters. The van der Waals surface area contributed by atoms with Crippen molar-refractivity contribution in [1.82, 2.24) is 4.72 Å². The van der Waals surface area contributed by atoms with Gasteiger partial charge in [0, 0.05) is 22.1 Å². The van der Waals surface area contributed by atoms with Crippen molar-refractivity contribution in [2.24, 2.45) is 0 Å². The minimum Gasteiger partial charge on any atom is -0.289 e. The van der Waals surface area contributed by atoms with Crippen LogP contribution in [0.4, 0.5) is 4.39 Å². The van der Waals surface area contributed by atoms with Gasteiger partial charge in [0.05, 0.1) is 5.75 Å². The van der Waals surface area contributed by atoms with Crippen LogP contribution in [0.1, 0.15) is 27.0 Å². The molecule has 3 rings (SSSR count). The van der Waals surface area contributed by atoms with Crippen LogP contribution in [0.15, 0.2) is 40.9 Å². The number of rotatable bonds is 2. The molecule has 22 heavy (non-hydrogen) atoms. The lowest BCUT2D eigenvalue weighted by atomic mass is 9.98. The molecule has 3 N–H and O–H groups in total. The van der Waals surface area contributed by atoms with Gasteiger partial charge in [0.1, 0.15) is 5.82 Å². The first-order valence-corrected chi connectivity index (χ1v) is 8.99. The molecular weight excluding hydrogens is 373 g/mol. The number of carbonyl (C=O) groups excluding carboxylic acids is 1. The highest BCUT2D eigenvalue weighted by molar-refractivity contribution is 9.10. The largest absolute Gasteiger partial charge is 0.289 e. The topological polar surface area (TPSA) is 69.6 Å². The molecule has 0 saturated heterocycles. The van der Waals surface area contributed by atoms with E-state index >= 15 is 0 Å². The number of carbonyl (C=O) groups is 1. The van der Waals surface area contributed by atoms with E-state index in [1.165, 1.54) is 24.3 Å². The minimum absolute atomic E-state index is 0.117. The summed E-state index contributed by atoms with van der Waals surface area (Å²) in [7, 11) is -2.80. The Morgan fingerprint density at radius 3 is 2.55 bits per heavy atom. The standard InChI is InChI=1S/C15H13BrFNO3S/c16-14-6-11-8-22(20,21)18-7-10(11)5-13(14)15(19)9-1-3-12(17)4-2-9/h1-6,18,20-21H,7-8H2. The monoisotopic (exact) mass is 385 g/mol. The van der Waals surface area contributed by atoms with Gasteiger partial charge in [-0.25, -0.2) is 9.11 Å². The molecule has 0 radical (unpaired) electrons. The maximum Gasteiger partial charge on any atom is 0.194 e. The van der Waals surface area contributed by atoms with E-state index in [2.05, 4.69) is 20.7 Å². The van der Waals surface area contributed by atoms with Crippen LogP contribution in [0.25, 0.3) is 0 Å². The molecule has 1 heterocycles. The maximum absolute atomic E-state index is 13.0. The summed E-state index contributed by atoms with van der Waals surface area (Å²) < 4.78 is 35.6. The van der Waals surface area contributed by atoms with Crippen molar-refractivity contribution < 1.29 is 18.3 Å². The van der Waals surface area contributed by atoms with Gasteiger partial charge >= 0.3 is 0 Å². The highest BCUT2D eigenvalue weighted by Crippen LogP contribution is 2.43. The van der Waals surface area contributed by atoms with Gasteiger partial charge in [-0.2, -0.15) is 0 Å². The van der Waals surface area contributed by atoms with E-state index in [0.29, 0.717) is 15.6 Å². The van der Waals surface area contributed by atoms with Crippen molar-refractivity contribution in [2.75, 3.05) is 0 Å². The third-order valence-electron chi connectivity index (χ3n) is 3.49. The average molecular weight is 386 g/mol. The molecule has 0 aromatic heterocycles. The zero-order chi connectivity index (χ0) is 15.9. The molecule has 1 aliphatic rings. The number of nitrogens with one attached hydrogen (secondary N) is 1. The Hall–Kier alpha value is -1.25. The SMILES string of the molecule is O=C(c1ccc(F)cc1)c1cc2c(cc1Br)CS(O)(O)NC2. The molecule has 0 amide bonds. The van der Waals surface area contributed by atoms with E-state index < -0.39 is 16.6 Å². The molecule has 0 bridgehead atoms. The molecule has 7 heteroatoms. The van der Waals surface area contributed by atoms with Crippen LogP contribution in [0.2, 0.25) is 0 Å². The Balaban J connectivity index is 1.98. The fraction of sp³-hybridized carbons (Fsp3) is 0.133. The average Bonchev–Trinajstić information content (AvgIpc) is 2.46. The molecule has 2 aromatic carbocycles. The van der Waals surface area contributed by atoms with Crippen LogP contribution >= 0.6 is 26.7 Å². The Morgan fingerprint density at radius 2 is 1.86 bits per heavy atom. The summed E-state index contributed by atoms with van der Waals surface area (Å²) in [5.41, 5.74) is 2.50. The first-order chi connectivity index (χ1) is 10.4. The third kappa shape index (κ3) is 3.09. The number of halogens is 2. The van der Waals surface area contributed by atoms with Crippen LogP contribution in [-0.4, -0.2) is 14.9 Å². The molecular formula is C15H13BrFNO3S. The van der Waals surface area contributed by atoms with E-state index in [9.17, 15) is 18.3 Å².